The summed E-state index contributed by atoms with van der Waals surface area (Å²) in [6, 6.07) is 5.40. The molecule has 1 aromatic carbocycles. The minimum atomic E-state index is 0.468. The van der Waals surface area contributed by atoms with Crippen molar-refractivity contribution in [3.8, 4) is 5.69 Å². The summed E-state index contributed by atoms with van der Waals surface area (Å²) in [6.07, 6.45) is 1.84. The van der Waals surface area contributed by atoms with Crippen LogP contribution in [0.25, 0.3) is 5.69 Å². The van der Waals surface area contributed by atoms with E-state index in [-0.39, 0.29) is 0 Å². The second-order valence-corrected chi connectivity index (χ2v) is 5.04. The molecule has 5 nitrogen and oxygen atoms in total. The fourth-order valence-electron chi connectivity index (χ4n) is 1.73. The molecule has 2 N–H and O–H groups in total. The number of benzene rings is 1. The molecule has 0 aliphatic carbocycles. The van der Waals surface area contributed by atoms with Crippen molar-refractivity contribution in [2.24, 2.45) is 5.73 Å². The third-order valence-electron chi connectivity index (χ3n) is 2.66. The van der Waals surface area contributed by atoms with Crippen molar-refractivity contribution in [2.75, 3.05) is 20.1 Å². The maximum absolute atomic E-state index is 6.14. The molecule has 0 saturated carbocycles. The number of likely N-dealkylation sites (N-methyl/N-ethyl adjacent to an activating group) is 1. The highest BCUT2D eigenvalue weighted by atomic mass is 35.5. The van der Waals surface area contributed by atoms with E-state index >= 15 is 0 Å². The average Bonchev–Trinajstić information content (AvgIpc) is 2.81. The van der Waals surface area contributed by atoms with Crippen LogP contribution in [0.5, 0.6) is 0 Å². The fraction of sp³-hybridized carbons (Fsp3) is 0.333. The first-order chi connectivity index (χ1) is 9.11. The predicted molar refractivity (Wildman–Crippen MR) is 76.8 cm³/mol. The molecule has 0 spiro atoms. The molecule has 1 aromatic heterocycles. The summed E-state index contributed by atoms with van der Waals surface area (Å²) in [6.45, 7) is 2.12. The number of hydrogen-bond acceptors (Lipinski definition) is 4. The zero-order valence-electron chi connectivity index (χ0n) is 10.6. The molecule has 7 heteroatoms. The number of halogens is 2. The molecule has 0 bridgehead atoms. The van der Waals surface area contributed by atoms with Crippen LogP contribution < -0.4 is 5.73 Å². The highest BCUT2D eigenvalue weighted by Crippen LogP contribution is 2.27. The van der Waals surface area contributed by atoms with Crippen LogP contribution in [0.1, 0.15) is 5.69 Å². The Kier molecular flexibility index (Phi) is 4.76. The van der Waals surface area contributed by atoms with E-state index < -0.39 is 0 Å². The predicted octanol–water partition coefficient (Wildman–Crippen LogP) is 1.96. The van der Waals surface area contributed by atoms with Gasteiger partial charge in [-0.2, -0.15) is 0 Å². The molecule has 0 aliphatic heterocycles. The third kappa shape index (κ3) is 3.45. The van der Waals surface area contributed by atoms with Crippen LogP contribution >= 0.6 is 23.2 Å². The van der Waals surface area contributed by atoms with Crippen LogP contribution in [0.3, 0.4) is 0 Å². The van der Waals surface area contributed by atoms with E-state index in [1.54, 1.807) is 10.7 Å². The summed E-state index contributed by atoms with van der Waals surface area (Å²) in [5.41, 5.74) is 7.07. The van der Waals surface area contributed by atoms with E-state index in [2.05, 4.69) is 15.2 Å². The van der Waals surface area contributed by atoms with Crippen molar-refractivity contribution < 1.29 is 0 Å². The Labute approximate surface area is 121 Å². The van der Waals surface area contributed by atoms with Gasteiger partial charge < -0.3 is 5.73 Å². The zero-order valence-corrected chi connectivity index (χ0v) is 12.1. The summed E-state index contributed by atoms with van der Waals surface area (Å²) in [4.78, 5) is 2.08. The molecule has 0 saturated heterocycles. The van der Waals surface area contributed by atoms with Crippen LogP contribution in [-0.2, 0) is 6.54 Å². The van der Waals surface area contributed by atoms with E-state index in [1.807, 2.05) is 25.4 Å². The number of aromatic nitrogens is 3. The Morgan fingerprint density at radius 3 is 2.89 bits per heavy atom. The summed E-state index contributed by atoms with van der Waals surface area (Å²) in [5.74, 6) is 0. The largest absolute Gasteiger partial charge is 0.329 e. The van der Waals surface area contributed by atoms with Gasteiger partial charge in [0.1, 0.15) is 0 Å². The molecule has 0 fully saturated rings. The molecule has 0 radical (unpaired) electrons. The van der Waals surface area contributed by atoms with Gasteiger partial charge in [-0.1, -0.05) is 34.5 Å². The number of nitrogens with zero attached hydrogens (tertiary/aromatic N) is 4. The second-order valence-electron chi connectivity index (χ2n) is 4.25. The highest BCUT2D eigenvalue weighted by Gasteiger charge is 2.10. The van der Waals surface area contributed by atoms with Crippen molar-refractivity contribution in [1.29, 1.82) is 0 Å². The molecule has 19 heavy (non-hydrogen) atoms. The van der Waals surface area contributed by atoms with Gasteiger partial charge in [0, 0.05) is 19.6 Å². The number of nitrogens with two attached hydrogens (primary N) is 1. The second kappa shape index (κ2) is 6.34. The van der Waals surface area contributed by atoms with Crippen molar-refractivity contribution in [3.05, 3.63) is 40.1 Å². The SMILES string of the molecule is CN(CCN)Cc1cn(-c2cccc(Cl)c2Cl)nn1. The van der Waals surface area contributed by atoms with E-state index in [0.29, 0.717) is 23.1 Å². The van der Waals surface area contributed by atoms with Gasteiger partial charge >= 0.3 is 0 Å². The van der Waals surface area contributed by atoms with Crippen molar-refractivity contribution in [1.82, 2.24) is 19.9 Å². The minimum Gasteiger partial charge on any atom is -0.329 e. The topological polar surface area (TPSA) is 60.0 Å². The molecule has 0 aliphatic rings. The zero-order chi connectivity index (χ0) is 13.8. The van der Waals surface area contributed by atoms with E-state index in [0.717, 1.165) is 17.9 Å². The van der Waals surface area contributed by atoms with Crippen molar-refractivity contribution >= 4 is 23.2 Å². The lowest BCUT2D eigenvalue weighted by Gasteiger charge is -2.12. The molecule has 1 heterocycles. The van der Waals surface area contributed by atoms with Gasteiger partial charge in [0.15, 0.2) is 0 Å². The lowest BCUT2D eigenvalue weighted by atomic mass is 10.3. The lowest BCUT2D eigenvalue weighted by Crippen LogP contribution is -2.25. The third-order valence-corrected chi connectivity index (χ3v) is 3.47. The van der Waals surface area contributed by atoms with E-state index in [9.17, 15) is 0 Å². The van der Waals surface area contributed by atoms with Crippen LogP contribution in [-0.4, -0.2) is 40.0 Å². The van der Waals surface area contributed by atoms with E-state index in [1.165, 1.54) is 0 Å². The van der Waals surface area contributed by atoms with Gasteiger partial charge in [0.2, 0.25) is 0 Å². The smallest absolute Gasteiger partial charge is 0.0971 e. The summed E-state index contributed by atoms with van der Waals surface area (Å²) < 4.78 is 1.62. The molecular formula is C12H15Cl2N5. The lowest BCUT2D eigenvalue weighted by molar-refractivity contribution is 0.332. The summed E-state index contributed by atoms with van der Waals surface area (Å²) in [7, 11) is 1.98. The van der Waals surface area contributed by atoms with E-state index in [4.69, 9.17) is 28.9 Å². The van der Waals surface area contributed by atoms with Gasteiger partial charge in [-0.15, -0.1) is 5.10 Å². The Morgan fingerprint density at radius 1 is 1.37 bits per heavy atom. The average molecular weight is 300 g/mol. The minimum absolute atomic E-state index is 0.468. The van der Waals surface area contributed by atoms with Crippen LogP contribution in [0.15, 0.2) is 24.4 Å². The Hall–Kier alpha value is -1.14. The molecular weight excluding hydrogens is 285 g/mol. The first-order valence-electron chi connectivity index (χ1n) is 5.86. The fourth-order valence-corrected chi connectivity index (χ4v) is 2.12. The first-order valence-corrected chi connectivity index (χ1v) is 6.61. The Morgan fingerprint density at radius 2 is 2.16 bits per heavy atom. The van der Waals surface area contributed by atoms with Crippen LogP contribution in [0, 0.1) is 0 Å². The standard InChI is InChI=1S/C12H15Cl2N5/c1-18(6-5-15)7-9-8-19(17-16-9)11-4-2-3-10(13)12(11)14/h2-4,8H,5-7,15H2,1H3. The van der Waals surface area contributed by atoms with Gasteiger partial charge in [-0.05, 0) is 19.2 Å². The number of hydrogen-bond donors (Lipinski definition) is 1. The molecule has 2 rings (SSSR count). The van der Waals surface area contributed by atoms with Gasteiger partial charge in [0.25, 0.3) is 0 Å². The maximum Gasteiger partial charge on any atom is 0.0971 e. The molecule has 0 atom stereocenters. The highest BCUT2D eigenvalue weighted by molar-refractivity contribution is 6.43. The van der Waals surface area contributed by atoms with Crippen molar-refractivity contribution in [3.63, 3.8) is 0 Å². The summed E-state index contributed by atoms with van der Waals surface area (Å²) in [5, 5.41) is 9.15. The van der Waals surface area contributed by atoms with Crippen molar-refractivity contribution in [2.45, 2.75) is 6.54 Å². The van der Waals surface area contributed by atoms with Crippen LogP contribution in [0.2, 0.25) is 10.0 Å². The Bertz CT molecular complexity index is 555. The molecule has 0 unspecified atom stereocenters. The quantitative estimate of drug-likeness (QED) is 0.917. The van der Waals surface area contributed by atoms with Gasteiger partial charge in [-0.3, -0.25) is 4.90 Å². The molecule has 2 aromatic rings. The van der Waals surface area contributed by atoms with Crippen LogP contribution in [0.4, 0.5) is 0 Å². The maximum atomic E-state index is 6.14. The van der Waals surface area contributed by atoms with Gasteiger partial charge in [-0.25, -0.2) is 4.68 Å². The van der Waals surface area contributed by atoms with Gasteiger partial charge in [0.05, 0.1) is 27.6 Å². The summed E-state index contributed by atoms with van der Waals surface area (Å²) >= 11 is 12.1. The Balaban J connectivity index is 2.19. The first kappa shape index (κ1) is 14.3. The monoisotopic (exact) mass is 299 g/mol. The molecule has 102 valence electrons. The normalized spacial score (nSPS) is 11.2. The number of rotatable bonds is 5. The molecule has 0 amide bonds.